The van der Waals surface area contributed by atoms with Crippen molar-refractivity contribution in [3.63, 3.8) is 0 Å². The molecule has 0 aliphatic rings. The lowest BCUT2D eigenvalue weighted by Gasteiger charge is -2.04. The van der Waals surface area contributed by atoms with Crippen LogP contribution in [-0.2, 0) is 13.2 Å². The Morgan fingerprint density at radius 1 is 1.20 bits per heavy atom. The third kappa shape index (κ3) is 4.59. The molecule has 0 saturated heterocycles. The van der Waals surface area contributed by atoms with Crippen LogP contribution in [0.2, 0.25) is 0 Å². The second kappa shape index (κ2) is 6.99. The lowest BCUT2D eigenvalue weighted by molar-refractivity contribution is 0.282. The molecule has 80 valence electrons. The number of unbranched alkanes of at least 4 members (excludes halogenated alkanes) is 1. The number of aliphatic hydroxyl groups excluding tert-OH is 1. The highest BCUT2D eigenvalue weighted by atomic mass is 16.3. The highest BCUT2D eigenvalue weighted by molar-refractivity contribution is 5.21. The van der Waals surface area contributed by atoms with Crippen molar-refractivity contribution in [2.45, 2.75) is 26.0 Å². The fourth-order valence-corrected chi connectivity index (χ4v) is 1.29. The normalized spacial score (nSPS) is 9.87. The Morgan fingerprint density at radius 2 is 1.87 bits per heavy atom. The van der Waals surface area contributed by atoms with Gasteiger partial charge in [-0.25, -0.2) is 0 Å². The van der Waals surface area contributed by atoms with Gasteiger partial charge in [-0.05, 0) is 24.1 Å². The summed E-state index contributed by atoms with van der Waals surface area (Å²) in [6.07, 6.45) is 1.50. The lowest BCUT2D eigenvalue weighted by Crippen LogP contribution is -2.14. The fourth-order valence-electron chi connectivity index (χ4n) is 1.29. The van der Waals surface area contributed by atoms with Gasteiger partial charge in [-0.15, -0.1) is 0 Å². The molecule has 0 heterocycles. The Balaban J connectivity index is 2.23. The maximum Gasteiger partial charge on any atom is 0.0681 e. The molecule has 1 aromatic carbocycles. The summed E-state index contributed by atoms with van der Waals surface area (Å²) < 4.78 is 0. The minimum absolute atomic E-state index is 0.0931. The summed E-state index contributed by atoms with van der Waals surface area (Å²) in [5, 5.41) is 20.5. The Labute approximate surface area is 90.4 Å². The summed E-state index contributed by atoms with van der Waals surface area (Å²) in [5.74, 6) is 0. The van der Waals surface area contributed by atoms with Gasteiger partial charge in [0.15, 0.2) is 0 Å². The molecule has 1 rings (SSSR count). The second-order valence-electron chi connectivity index (χ2n) is 3.41. The van der Waals surface area contributed by atoms with E-state index in [1.807, 2.05) is 24.3 Å². The van der Waals surface area contributed by atoms with Crippen LogP contribution in [0.15, 0.2) is 24.3 Å². The molecule has 0 spiro atoms. The molecule has 0 radical (unpaired) electrons. The molecular weight excluding hydrogens is 188 g/mol. The van der Waals surface area contributed by atoms with Crippen LogP contribution in [-0.4, -0.2) is 11.7 Å². The molecule has 0 aromatic heterocycles. The van der Waals surface area contributed by atoms with Gasteiger partial charge in [0, 0.05) is 13.0 Å². The highest BCUT2D eigenvalue weighted by Gasteiger charge is 1.93. The van der Waals surface area contributed by atoms with E-state index >= 15 is 0 Å². The molecule has 0 saturated carbocycles. The smallest absolute Gasteiger partial charge is 0.0681 e. The van der Waals surface area contributed by atoms with Crippen LogP contribution < -0.4 is 5.32 Å². The van der Waals surface area contributed by atoms with E-state index in [4.69, 9.17) is 10.4 Å². The number of benzene rings is 1. The number of hydrogen-bond donors (Lipinski definition) is 2. The zero-order valence-electron chi connectivity index (χ0n) is 8.74. The van der Waals surface area contributed by atoms with Gasteiger partial charge in [0.1, 0.15) is 0 Å². The van der Waals surface area contributed by atoms with Crippen LogP contribution in [0.5, 0.6) is 0 Å². The largest absolute Gasteiger partial charge is 0.392 e. The van der Waals surface area contributed by atoms with Gasteiger partial charge < -0.3 is 10.4 Å². The van der Waals surface area contributed by atoms with Crippen LogP contribution in [0.3, 0.4) is 0 Å². The van der Waals surface area contributed by atoms with E-state index in [2.05, 4.69) is 11.4 Å². The summed E-state index contributed by atoms with van der Waals surface area (Å²) in [6.45, 7) is 1.78. The first kappa shape index (κ1) is 11.7. The number of nitrogens with zero attached hydrogens (tertiary/aromatic N) is 1. The van der Waals surface area contributed by atoms with Gasteiger partial charge in [0.25, 0.3) is 0 Å². The SMILES string of the molecule is N#CCCCNCc1ccc(CO)cc1. The molecule has 15 heavy (non-hydrogen) atoms. The van der Waals surface area contributed by atoms with Gasteiger partial charge in [-0.2, -0.15) is 5.26 Å². The van der Waals surface area contributed by atoms with Crippen molar-refractivity contribution in [2.75, 3.05) is 6.54 Å². The van der Waals surface area contributed by atoms with E-state index in [0.29, 0.717) is 6.42 Å². The van der Waals surface area contributed by atoms with Gasteiger partial charge in [-0.1, -0.05) is 24.3 Å². The molecule has 2 N–H and O–H groups in total. The predicted octanol–water partition coefficient (Wildman–Crippen LogP) is 1.57. The van der Waals surface area contributed by atoms with Crippen molar-refractivity contribution in [1.82, 2.24) is 5.32 Å². The fraction of sp³-hybridized carbons (Fsp3) is 0.417. The van der Waals surface area contributed by atoms with E-state index in [1.165, 1.54) is 5.56 Å². The molecule has 3 nitrogen and oxygen atoms in total. The van der Waals surface area contributed by atoms with Crippen LogP contribution in [0.1, 0.15) is 24.0 Å². The average molecular weight is 204 g/mol. The number of nitrogens with one attached hydrogen (secondary N) is 1. The van der Waals surface area contributed by atoms with Crippen molar-refractivity contribution in [1.29, 1.82) is 5.26 Å². The first-order chi connectivity index (χ1) is 7.36. The Hall–Kier alpha value is -1.37. The van der Waals surface area contributed by atoms with E-state index in [-0.39, 0.29) is 6.61 Å². The van der Waals surface area contributed by atoms with Crippen LogP contribution in [0, 0.1) is 11.3 Å². The zero-order valence-corrected chi connectivity index (χ0v) is 8.74. The van der Waals surface area contributed by atoms with E-state index in [9.17, 15) is 0 Å². The molecule has 0 atom stereocenters. The molecule has 1 aromatic rings. The van der Waals surface area contributed by atoms with E-state index < -0.39 is 0 Å². The molecule has 0 unspecified atom stereocenters. The monoisotopic (exact) mass is 204 g/mol. The number of rotatable bonds is 6. The molecule has 0 bridgehead atoms. The number of aliphatic hydroxyl groups is 1. The summed E-state index contributed by atoms with van der Waals surface area (Å²) in [4.78, 5) is 0. The Morgan fingerprint density at radius 3 is 2.47 bits per heavy atom. The van der Waals surface area contributed by atoms with E-state index in [0.717, 1.165) is 25.1 Å². The summed E-state index contributed by atoms with van der Waals surface area (Å²) in [6, 6.07) is 9.97. The highest BCUT2D eigenvalue weighted by Crippen LogP contribution is 2.03. The van der Waals surface area contributed by atoms with Gasteiger partial charge in [0.2, 0.25) is 0 Å². The van der Waals surface area contributed by atoms with Crippen molar-refractivity contribution < 1.29 is 5.11 Å². The molecule has 0 amide bonds. The molecule has 0 aliphatic carbocycles. The maximum absolute atomic E-state index is 8.86. The predicted molar refractivity (Wildman–Crippen MR) is 58.9 cm³/mol. The van der Waals surface area contributed by atoms with E-state index in [1.54, 1.807) is 0 Å². The van der Waals surface area contributed by atoms with Gasteiger partial charge in [-0.3, -0.25) is 0 Å². The standard InChI is InChI=1S/C12H16N2O/c13-7-1-2-8-14-9-11-3-5-12(10-15)6-4-11/h3-6,14-15H,1-2,8-10H2. The number of nitriles is 1. The van der Waals surface area contributed by atoms with Crippen molar-refractivity contribution in [3.8, 4) is 6.07 Å². The average Bonchev–Trinajstić information content (AvgIpc) is 2.30. The molecule has 0 aliphatic heterocycles. The molecule has 3 heteroatoms. The lowest BCUT2D eigenvalue weighted by atomic mass is 10.1. The van der Waals surface area contributed by atoms with Crippen molar-refractivity contribution in [2.24, 2.45) is 0 Å². The van der Waals surface area contributed by atoms with Crippen LogP contribution in [0.4, 0.5) is 0 Å². The molecule has 0 fully saturated rings. The van der Waals surface area contributed by atoms with Crippen molar-refractivity contribution in [3.05, 3.63) is 35.4 Å². The maximum atomic E-state index is 8.86. The quantitative estimate of drug-likeness (QED) is 0.691. The second-order valence-corrected chi connectivity index (χ2v) is 3.41. The first-order valence-corrected chi connectivity index (χ1v) is 5.13. The topological polar surface area (TPSA) is 56.0 Å². The van der Waals surface area contributed by atoms with Crippen molar-refractivity contribution >= 4 is 0 Å². The first-order valence-electron chi connectivity index (χ1n) is 5.13. The van der Waals surface area contributed by atoms with Crippen LogP contribution >= 0.6 is 0 Å². The summed E-state index contributed by atoms with van der Waals surface area (Å²) in [5.41, 5.74) is 2.13. The third-order valence-electron chi connectivity index (χ3n) is 2.18. The van der Waals surface area contributed by atoms with Gasteiger partial charge in [0.05, 0.1) is 12.7 Å². The summed E-state index contributed by atoms with van der Waals surface area (Å²) in [7, 11) is 0. The van der Waals surface area contributed by atoms with Gasteiger partial charge >= 0.3 is 0 Å². The zero-order chi connectivity index (χ0) is 10.9. The summed E-state index contributed by atoms with van der Waals surface area (Å²) >= 11 is 0. The Bertz CT molecular complexity index is 313. The minimum Gasteiger partial charge on any atom is -0.392 e. The minimum atomic E-state index is 0.0931. The number of hydrogen-bond acceptors (Lipinski definition) is 3. The Kier molecular flexibility index (Phi) is 5.46. The molecular formula is C12H16N2O. The van der Waals surface area contributed by atoms with Crippen LogP contribution in [0.25, 0.3) is 0 Å². The third-order valence-corrected chi connectivity index (χ3v) is 2.18.